The van der Waals surface area contributed by atoms with Crippen LogP contribution in [-0.4, -0.2) is 29.4 Å². The summed E-state index contributed by atoms with van der Waals surface area (Å²) in [7, 11) is 0. The van der Waals surface area contributed by atoms with E-state index in [9.17, 15) is 9.90 Å². The van der Waals surface area contributed by atoms with Crippen LogP contribution in [0.4, 0.5) is 0 Å². The van der Waals surface area contributed by atoms with E-state index in [4.69, 9.17) is 0 Å². The van der Waals surface area contributed by atoms with Gasteiger partial charge in [0.25, 0.3) is 0 Å². The summed E-state index contributed by atoms with van der Waals surface area (Å²) in [5.74, 6) is 5.73. The van der Waals surface area contributed by atoms with Crippen molar-refractivity contribution in [3.63, 3.8) is 0 Å². The predicted molar refractivity (Wildman–Crippen MR) is 126 cm³/mol. The normalized spacial score (nSPS) is 46.4. The lowest BCUT2D eigenvalue weighted by atomic mass is 9.44. The first-order valence-corrected chi connectivity index (χ1v) is 13.5. The minimum absolute atomic E-state index is 0.0462. The van der Waals surface area contributed by atoms with Gasteiger partial charge >= 0.3 is 0 Å². The highest BCUT2D eigenvalue weighted by molar-refractivity contribution is 7.80. The third-order valence-electron chi connectivity index (χ3n) is 10.7. The first-order chi connectivity index (χ1) is 14.3. The summed E-state index contributed by atoms with van der Waals surface area (Å²) in [4.78, 5) is 12.1. The summed E-state index contributed by atoms with van der Waals surface area (Å²) in [5.41, 5.74) is 0.942. The average Bonchev–Trinajstić information content (AvgIpc) is 3.08. The first kappa shape index (κ1) is 23.0. The molecule has 0 aliphatic heterocycles. The molecule has 0 saturated heterocycles. The van der Waals surface area contributed by atoms with Gasteiger partial charge in [-0.25, -0.2) is 0 Å². The Hall–Kier alpha value is -0.220. The lowest BCUT2D eigenvalue weighted by molar-refractivity contribution is -0.129. The van der Waals surface area contributed by atoms with Crippen molar-refractivity contribution in [2.75, 3.05) is 12.3 Å². The molecule has 4 rings (SSSR count). The van der Waals surface area contributed by atoms with E-state index in [1.54, 1.807) is 0 Å². The second-order valence-electron chi connectivity index (χ2n) is 11.9. The second-order valence-corrected chi connectivity index (χ2v) is 12.4. The van der Waals surface area contributed by atoms with E-state index < -0.39 is 0 Å². The largest absolute Gasteiger partial charge is 0.393 e. The summed E-state index contributed by atoms with van der Waals surface area (Å²) in [6, 6.07) is 0. The molecule has 0 aromatic rings. The molecule has 0 unspecified atom stereocenters. The third-order valence-corrected chi connectivity index (χ3v) is 10.9. The standard InChI is InChI=1S/C26H45NO2S/c1-17(4-9-24(29)27-14-15-30)21-7-8-22-20-6-5-18-16-19(28)10-12-25(18,2)23(20)11-13-26(21,22)3/h17-23,28,30H,4-16H2,1-3H3,(H,27,29)/t17-,18-,19-,20+,21-,22+,23+,25+,26-/m1/s1. The summed E-state index contributed by atoms with van der Waals surface area (Å²) < 4.78 is 0. The van der Waals surface area contributed by atoms with Gasteiger partial charge in [-0.2, -0.15) is 12.6 Å². The minimum Gasteiger partial charge on any atom is -0.393 e. The number of hydrogen-bond acceptors (Lipinski definition) is 3. The van der Waals surface area contributed by atoms with Crippen molar-refractivity contribution in [3.8, 4) is 0 Å². The van der Waals surface area contributed by atoms with Gasteiger partial charge in [-0.3, -0.25) is 4.79 Å². The van der Waals surface area contributed by atoms with Crippen molar-refractivity contribution < 1.29 is 9.90 Å². The Morgan fingerprint density at radius 1 is 1.07 bits per heavy atom. The number of amides is 1. The highest BCUT2D eigenvalue weighted by Crippen LogP contribution is 2.68. The Labute approximate surface area is 190 Å². The van der Waals surface area contributed by atoms with Gasteiger partial charge in [-0.1, -0.05) is 20.8 Å². The van der Waals surface area contributed by atoms with Crippen LogP contribution in [0.3, 0.4) is 0 Å². The maximum atomic E-state index is 12.1. The van der Waals surface area contributed by atoms with Crippen LogP contribution in [0.15, 0.2) is 0 Å². The summed E-state index contributed by atoms with van der Waals surface area (Å²) in [6.45, 7) is 8.29. The monoisotopic (exact) mass is 435 g/mol. The zero-order valence-corrected chi connectivity index (χ0v) is 20.4. The lowest BCUT2D eigenvalue weighted by Gasteiger charge is -2.61. The van der Waals surface area contributed by atoms with E-state index in [1.165, 1.54) is 44.9 Å². The van der Waals surface area contributed by atoms with Gasteiger partial charge in [0.05, 0.1) is 6.10 Å². The number of carbonyl (C=O) groups is 1. The molecule has 0 spiro atoms. The molecular weight excluding hydrogens is 390 g/mol. The number of carbonyl (C=O) groups excluding carboxylic acids is 1. The van der Waals surface area contributed by atoms with Crippen molar-refractivity contribution in [1.82, 2.24) is 5.32 Å². The lowest BCUT2D eigenvalue weighted by Crippen LogP contribution is -2.54. The van der Waals surface area contributed by atoms with E-state index in [2.05, 4.69) is 38.7 Å². The van der Waals surface area contributed by atoms with Crippen LogP contribution in [0.2, 0.25) is 0 Å². The average molecular weight is 436 g/mol. The van der Waals surface area contributed by atoms with Gasteiger partial charge < -0.3 is 10.4 Å². The molecule has 4 heteroatoms. The molecule has 172 valence electrons. The van der Waals surface area contributed by atoms with Gasteiger partial charge in [0.2, 0.25) is 5.91 Å². The second kappa shape index (κ2) is 8.96. The fourth-order valence-corrected chi connectivity index (χ4v) is 9.17. The fraction of sp³-hybridized carbons (Fsp3) is 0.962. The molecule has 1 amide bonds. The van der Waals surface area contributed by atoms with E-state index in [-0.39, 0.29) is 12.0 Å². The van der Waals surface area contributed by atoms with Gasteiger partial charge in [-0.05, 0) is 111 Å². The predicted octanol–water partition coefficient (Wildman–Crippen LogP) is 5.47. The molecule has 3 nitrogen and oxygen atoms in total. The quantitative estimate of drug-likeness (QED) is 0.485. The maximum Gasteiger partial charge on any atom is 0.220 e. The Morgan fingerprint density at radius 3 is 2.57 bits per heavy atom. The first-order valence-electron chi connectivity index (χ1n) is 12.8. The SMILES string of the molecule is C[C@H](CCC(=O)NCCS)[C@H]1CC[C@H]2[C@@H]3CC[C@@H]4C[C@H](O)CC[C@]4(C)[C@H]3CC[C@]12C. The Kier molecular flexibility index (Phi) is 6.86. The van der Waals surface area contributed by atoms with Crippen LogP contribution in [0.5, 0.6) is 0 Å². The van der Waals surface area contributed by atoms with Crippen molar-refractivity contribution in [2.45, 2.75) is 97.5 Å². The topological polar surface area (TPSA) is 49.3 Å². The molecule has 0 heterocycles. The van der Waals surface area contributed by atoms with Crippen molar-refractivity contribution in [1.29, 1.82) is 0 Å². The van der Waals surface area contributed by atoms with Crippen LogP contribution >= 0.6 is 12.6 Å². The number of aliphatic hydroxyl groups is 1. The van der Waals surface area contributed by atoms with Crippen molar-refractivity contribution in [2.24, 2.45) is 46.3 Å². The highest BCUT2D eigenvalue weighted by Gasteiger charge is 2.60. The van der Waals surface area contributed by atoms with E-state index in [0.29, 0.717) is 35.5 Å². The Morgan fingerprint density at radius 2 is 1.80 bits per heavy atom. The number of hydrogen-bond donors (Lipinski definition) is 3. The maximum absolute atomic E-state index is 12.1. The van der Waals surface area contributed by atoms with Crippen LogP contribution < -0.4 is 5.32 Å². The summed E-state index contributed by atoms with van der Waals surface area (Å²) >= 11 is 4.19. The van der Waals surface area contributed by atoms with Gasteiger partial charge in [0, 0.05) is 18.7 Å². The van der Waals surface area contributed by atoms with Crippen LogP contribution in [-0.2, 0) is 4.79 Å². The van der Waals surface area contributed by atoms with Crippen molar-refractivity contribution >= 4 is 18.5 Å². The molecule has 4 aliphatic rings. The fourth-order valence-electron chi connectivity index (χ4n) is 9.05. The Bertz CT molecular complexity index is 626. The van der Waals surface area contributed by atoms with Crippen molar-refractivity contribution in [3.05, 3.63) is 0 Å². The molecule has 4 saturated carbocycles. The molecule has 9 atom stereocenters. The minimum atomic E-state index is -0.0462. The number of aliphatic hydroxyl groups excluding tert-OH is 1. The molecule has 30 heavy (non-hydrogen) atoms. The zero-order valence-electron chi connectivity index (χ0n) is 19.5. The molecule has 0 radical (unpaired) electrons. The van der Waals surface area contributed by atoms with E-state index >= 15 is 0 Å². The Balaban J connectivity index is 1.42. The molecule has 2 N–H and O–H groups in total. The highest BCUT2D eigenvalue weighted by atomic mass is 32.1. The molecule has 0 aromatic carbocycles. The number of fused-ring (bicyclic) bond motifs is 5. The molecule has 4 fully saturated rings. The summed E-state index contributed by atoms with van der Waals surface area (Å²) in [6.07, 6.45) is 13.2. The third kappa shape index (κ3) is 3.98. The molecule has 4 aliphatic carbocycles. The zero-order chi connectivity index (χ0) is 21.5. The van der Waals surface area contributed by atoms with Crippen LogP contribution in [0.1, 0.15) is 91.4 Å². The number of thiol groups is 1. The van der Waals surface area contributed by atoms with E-state index in [0.717, 1.165) is 48.9 Å². The molecule has 0 bridgehead atoms. The molecular formula is C26H45NO2S. The van der Waals surface area contributed by atoms with Crippen LogP contribution in [0.25, 0.3) is 0 Å². The smallest absolute Gasteiger partial charge is 0.220 e. The molecule has 0 aromatic heterocycles. The van der Waals surface area contributed by atoms with Gasteiger partial charge in [0.1, 0.15) is 0 Å². The summed E-state index contributed by atoms with van der Waals surface area (Å²) in [5, 5.41) is 13.2. The van der Waals surface area contributed by atoms with Crippen LogP contribution in [0, 0.1) is 46.3 Å². The van der Waals surface area contributed by atoms with Gasteiger partial charge in [0.15, 0.2) is 0 Å². The van der Waals surface area contributed by atoms with Gasteiger partial charge in [-0.15, -0.1) is 0 Å². The number of rotatable bonds is 6. The van der Waals surface area contributed by atoms with E-state index in [1.807, 2.05) is 0 Å². The number of nitrogens with one attached hydrogen (secondary N) is 1.